The van der Waals surface area contributed by atoms with Crippen LogP contribution in [-0.2, 0) is 0 Å². The molecule has 3 N–H and O–H groups in total. The third-order valence-electron chi connectivity index (χ3n) is 3.34. The van der Waals surface area contributed by atoms with Gasteiger partial charge in [0.15, 0.2) is 5.69 Å². The van der Waals surface area contributed by atoms with Crippen LogP contribution in [0.4, 0.5) is 5.69 Å². The Morgan fingerprint density at radius 2 is 1.85 bits per heavy atom. The molecule has 1 atom stereocenters. The average Bonchev–Trinajstić information content (AvgIpc) is 2.89. The summed E-state index contributed by atoms with van der Waals surface area (Å²) in [6, 6.07) is 9.15. The number of carbonyl (C=O) groups is 1. The van der Waals surface area contributed by atoms with E-state index in [1.165, 1.54) is 0 Å². The highest BCUT2D eigenvalue weighted by atomic mass is 16.2. The molecule has 1 aromatic heterocycles. The van der Waals surface area contributed by atoms with Crippen molar-refractivity contribution < 1.29 is 4.79 Å². The standard InChI is InChI=1S/C15H20N4O/c1-10(2)11(3)17-15(20)14-8-9-19(18-14)13-6-4-12(16)5-7-13/h4-11H,16H2,1-3H3,(H,17,20). The van der Waals surface area contributed by atoms with E-state index < -0.39 is 0 Å². The Balaban J connectivity index is 2.12. The number of rotatable bonds is 4. The first-order valence-corrected chi connectivity index (χ1v) is 6.70. The predicted molar refractivity (Wildman–Crippen MR) is 79.7 cm³/mol. The van der Waals surface area contributed by atoms with Gasteiger partial charge in [-0.2, -0.15) is 5.10 Å². The summed E-state index contributed by atoms with van der Waals surface area (Å²) < 4.78 is 1.66. The van der Waals surface area contributed by atoms with Gasteiger partial charge in [0.05, 0.1) is 5.69 Å². The maximum atomic E-state index is 12.1. The smallest absolute Gasteiger partial charge is 0.272 e. The fraction of sp³-hybridized carbons (Fsp3) is 0.333. The Morgan fingerprint density at radius 1 is 1.20 bits per heavy atom. The maximum Gasteiger partial charge on any atom is 0.272 e. The minimum absolute atomic E-state index is 0.115. The number of hydrogen-bond donors (Lipinski definition) is 2. The number of nitrogens with one attached hydrogen (secondary N) is 1. The first-order valence-electron chi connectivity index (χ1n) is 6.70. The second kappa shape index (κ2) is 5.77. The van der Waals surface area contributed by atoms with Gasteiger partial charge in [-0.3, -0.25) is 4.79 Å². The number of benzene rings is 1. The van der Waals surface area contributed by atoms with Gasteiger partial charge < -0.3 is 11.1 Å². The summed E-state index contributed by atoms with van der Waals surface area (Å²) in [5, 5.41) is 7.22. The van der Waals surface area contributed by atoms with E-state index in [1.807, 2.05) is 19.1 Å². The molecule has 0 fully saturated rings. The van der Waals surface area contributed by atoms with Gasteiger partial charge in [-0.1, -0.05) is 13.8 Å². The molecule has 20 heavy (non-hydrogen) atoms. The van der Waals surface area contributed by atoms with E-state index in [0.717, 1.165) is 5.69 Å². The summed E-state index contributed by atoms with van der Waals surface area (Å²) in [6.07, 6.45) is 1.76. The summed E-state index contributed by atoms with van der Waals surface area (Å²) in [6.45, 7) is 6.12. The molecule has 0 saturated heterocycles. The minimum atomic E-state index is -0.152. The highest BCUT2D eigenvalue weighted by molar-refractivity contribution is 5.92. The van der Waals surface area contributed by atoms with Crippen molar-refractivity contribution in [1.82, 2.24) is 15.1 Å². The zero-order valence-electron chi connectivity index (χ0n) is 12.0. The zero-order valence-corrected chi connectivity index (χ0v) is 12.0. The number of amides is 1. The lowest BCUT2D eigenvalue weighted by Crippen LogP contribution is -2.36. The molecular weight excluding hydrogens is 252 g/mol. The third-order valence-corrected chi connectivity index (χ3v) is 3.34. The van der Waals surface area contributed by atoms with Gasteiger partial charge in [0, 0.05) is 17.9 Å². The van der Waals surface area contributed by atoms with Crippen LogP contribution in [0.1, 0.15) is 31.3 Å². The molecule has 0 spiro atoms. The van der Waals surface area contributed by atoms with E-state index in [2.05, 4.69) is 24.3 Å². The Hall–Kier alpha value is -2.30. The molecule has 1 amide bonds. The lowest BCUT2D eigenvalue weighted by molar-refractivity contribution is 0.0925. The second-order valence-electron chi connectivity index (χ2n) is 5.24. The summed E-state index contributed by atoms with van der Waals surface area (Å²) in [4.78, 5) is 12.1. The van der Waals surface area contributed by atoms with Crippen LogP contribution < -0.4 is 11.1 Å². The van der Waals surface area contributed by atoms with Crippen molar-refractivity contribution in [1.29, 1.82) is 0 Å². The van der Waals surface area contributed by atoms with E-state index in [4.69, 9.17) is 5.73 Å². The molecular formula is C15H20N4O. The van der Waals surface area contributed by atoms with Crippen LogP contribution >= 0.6 is 0 Å². The average molecular weight is 272 g/mol. The molecule has 1 aromatic carbocycles. The number of carbonyl (C=O) groups excluding carboxylic acids is 1. The highest BCUT2D eigenvalue weighted by Crippen LogP contribution is 2.11. The van der Waals surface area contributed by atoms with Gasteiger partial charge in [0.25, 0.3) is 5.91 Å². The molecule has 0 bridgehead atoms. The SMILES string of the molecule is CC(C)C(C)NC(=O)c1ccn(-c2ccc(N)cc2)n1. The molecule has 0 aliphatic rings. The molecule has 0 radical (unpaired) electrons. The number of nitrogen functional groups attached to an aromatic ring is 1. The molecule has 2 aromatic rings. The number of aromatic nitrogens is 2. The summed E-state index contributed by atoms with van der Waals surface area (Å²) in [7, 11) is 0. The molecule has 106 valence electrons. The van der Waals surface area contributed by atoms with Crippen molar-refractivity contribution in [3.8, 4) is 5.69 Å². The molecule has 1 heterocycles. The molecule has 5 heteroatoms. The van der Waals surface area contributed by atoms with Crippen molar-refractivity contribution >= 4 is 11.6 Å². The van der Waals surface area contributed by atoms with Gasteiger partial charge in [0.1, 0.15) is 0 Å². The Bertz CT molecular complexity index is 586. The topological polar surface area (TPSA) is 72.9 Å². The Morgan fingerprint density at radius 3 is 2.45 bits per heavy atom. The Kier molecular flexibility index (Phi) is 4.08. The number of nitrogens with two attached hydrogens (primary N) is 1. The van der Waals surface area contributed by atoms with Crippen LogP contribution in [-0.4, -0.2) is 21.7 Å². The van der Waals surface area contributed by atoms with Crippen LogP contribution in [0.3, 0.4) is 0 Å². The number of hydrogen-bond acceptors (Lipinski definition) is 3. The summed E-state index contributed by atoms with van der Waals surface area (Å²) in [5.74, 6) is 0.235. The Labute approximate surface area is 118 Å². The molecule has 5 nitrogen and oxygen atoms in total. The van der Waals surface area contributed by atoms with Crippen molar-refractivity contribution in [2.75, 3.05) is 5.73 Å². The predicted octanol–water partition coefficient (Wildman–Crippen LogP) is 2.23. The lowest BCUT2D eigenvalue weighted by atomic mass is 10.1. The number of nitrogens with zero attached hydrogens (tertiary/aromatic N) is 2. The van der Waals surface area contributed by atoms with E-state index in [0.29, 0.717) is 17.3 Å². The molecule has 2 rings (SSSR count). The van der Waals surface area contributed by atoms with Gasteiger partial charge >= 0.3 is 0 Å². The van der Waals surface area contributed by atoms with E-state index in [1.54, 1.807) is 29.1 Å². The van der Waals surface area contributed by atoms with Crippen LogP contribution in [0.5, 0.6) is 0 Å². The quantitative estimate of drug-likeness (QED) is 0.838. The van der Waals surface area contributed by atoms with Crippen molar-refractivity contribution in [3.05, 3.63) is 42.2 Å². The largest absolute Gasteiger partial charge is 0.399 e. The monoisotopic (exact) mass is 272 g/mol. The molecule has 0 aliphatic carbocycles. The van der Waals surface area contributed by atoms with Crippen molar-refractivity contribution in [2.45, 2.75) is 26.8 Å². The normalized spacial score (nSPS) is 12.4. The molecule has 0 saturated carbocycles. The van der Waals surface area contributed by atoms with E-state index in [9.17, 15) is 4.79 Å². The van der Waals surface area contributed by atoms with Crippen LogP contribution in [0, 0.1) is 5.92 Å². The van der Waals surface area contributed by atoms with Crippen molar-refractivity contribution in [2.24, 2.45) is 5.92 Å². The van der Waals surface area contributed by atoms with Crippen molar-refractivity contribution in [3.63, 3.8) is 0 Å². The molecule has 0 aliphatic heterocycles. The third kappa shape index (κ3) is 3.17. The molecule has 1 unspecified atom stereocenters. The fourth-order valence-electron chi connectivity index (χ4n) is 1.66. The van der Waals surface area contributed by atoms with Gasteiger partial charge in [-0.25, -0.2) is 4.68 Å². The van der Waals surface area contributed by atoms with E-state index >= 15 is 0 Å². The van der Waals surface area contributed by atoms with Gasteiger partial charge in [-0.15, -0.1) is 0 Å². The minimum Gasteiger partial charge on any atom is -0.399 e. The second-order valence-corrected chi connectivity index (χ2v) is 5.24. The number of anilines is 1. The first-order chi connectivity index (χ1) is 9.47. The van der Waals surface area contributed by atoms with Gasteiger partial charge in [-0.05, 0) is 43.2 Å². The van der Waals surface area contributed by atoms with Crippen LogP contribution in [0.15, 0.2) is 36.5 Å². The van der Waals surface area contributed by atoms with Crippen LogP contribution in [0.25, 0.3) is 5.69 Å². The summed E-state index contributed by atoms with van der Waals surface area (Å²) >= 11 is 0. The fourth-order valence-corrected chi connectivity index (χ4v) is 1.66. The summed E-state index contributed by atoms with van der Waals surface area (Å²) in [5.41, 5.74) is 7.63. The van der Waals surface area contributed by atoms with Crippen LogP contribution in [0.2, 0.25) is 0 Å². The highest BCUT2D eigenvalue weighted by Gasteiger charge is 2.14. The van der Waals surface area contributed by atoms with E-state index in [-0.39, 0.29) is 11.9 Å². The lowest BCUT2D eigenvalue weighted by Gasteiger charge is -2.16. The maximum absolute atomic E-state index is 12.1. The van der Waals surface area contributed by atoms with Gasteiger partial charge in [0.2, 0.25) is 0 Å². The first kappa shape index (κ1) is 14.1. The zero-order chi connectivity index (χ0) is 14.7.